The molecular weight excluding hydrogens is 448 g/mol. The Morgan fingerprint density at radius 3 is 2.21 bits per heavy atom. The van der Waals surface area contributed by atoms with Gasteiger partial charge in [-0.05, 0) is 53.1 Å². The van der Waals surface area contributed by atoms with Crippen LogP contribution in [0.1, 0.15) is 52.2 Å². The van der Waals surface area contributed by atoms with Gasteiger partial charge in [0.1, 0.15) is 0 Å². The topological polar surface area (TPSA) is 61.8 Å². The lowest BCUT2D eigenvalue weighted by Gasteiger charge is -2.19. The van der Waals surface area contributed by atoms with E-state index in [0.717, 1.165) is 12.0 Å². The molecule has 0 spiro atoms. The van der Waals surface area contributed by atoms with Crippen LogP contribution in [0, 0.1) is 5.92 Å². The van der Waals surface area contributed by atoms with Gasteiger partial charge in [-0.25, -0.2) is 14.3 Å². The van der Waals surface area contributed by atoms with Crippen LogP contribution in [-0.2, 0) is 18.5 Å². The van der Waals surface area contributed by atoms with Crippen LogP contribution in [0.2, 0.25) is 5.02 Å². The largest absolute Gasteiger partial charge is 0.337 e. The molecule has 0 unspecified atom stereocenters. The second-order valence-corrected chi connectivity index (χ2v) is 10.7. The van der Waals surface area contributed by atoms with Crippen molar-refractivity contribution in [3.05, 3.63) is 91.8 Å². The van der Waals surface area contributed by atoms with Gasteiger partial charge in [0.2, 0.25) is 0 Å². The molecule has 0 saturated heterocycles. The maximum atomic E-state index is 13.5. The van der Waals surface area contributed by atoms with Crippen LogP contribution in [0.15, 0.2) is 64.4 Å². The van der Waals surface area contributed by atoms with Gasteiger partial charge >= 0.3 is 5.69 Å². The lowest BCUT2D eigenvalue weighted by atomic mass is 9.87. The van der Waals surface area contributed by atoms with E-state index in [4.69, 9.17) is 11.6 Å². The summed E-state index contributed by atoms with van der Waals surface area (Å²) in [6.45, 7) is 11.5. The first-order valence-electron chi connectivity index (χ1n) is 11.6. The van der Waals surface area contributed by atoms with E-state index in [0.29, 0.717) is 40.9 Å². The van der Waals surface area contributed by atoms with Gasteiger partial charge in [-0.2, -0.15) is 0 Å². The van der Waals surface area contributed by atoms with Crippen molar-refractivity contribution in [1.82, 2.24) is 18.7 Å². The molecule has 0 aliphatic carbocycles. The highest BCUT2D eigenvalue weighted by atomic mass is 35.5. The monoisotopic (exact) mass is 478 g/mol. The van der Waals surface area contributed by atoms with Gasteiger partial charge in [-0.1, -0.05) is 70.5 Å². The Morgan fingerprint density at radius 2 is 1.62 bits per heavy atom. The van der Waals surface area contributed by atoms with Crippen LogP contribution >= 0.6 is 11.6 Å². The summed E-state index contributed by atoms with van der Waals surface area (Å²) in [5.41, 5.74) is 3.07. The maximum Gasteiger partial charge on any atom is 0.337 e. The molecule has 2 aromatic carbocycles. The molecule has 34 heavy (non-hydrogen) atoms. The number of imidazole rings is 1. The van der Waals surface area contributed by atoms with Crippen LogP contribution in [-0.4, -0.2) is 18.7 Å². The molecule has 0 bridgehead atoms. The summed E-state index contributed by atoms with van der Waals surface area (Å²) in [5.74, 6) is 0.359. The van der Waals surface area contributed by atoms with E-state index < -0.39 is 0 Å². The van der Waals surface area contributed by atoms with Gasteiger partial charge in [0.25, 0.3) is 5.56 Å². The highest BCUT2D eigenvalue weighted by Gasteiger charge is 2.20. The van der Waals surface area contributed by atoms with Crippen LogP contribution in [0.4, 0.5) is 0 Å². The predicted molar refractivity (Wildman–Crippen MR) is 138 cm³/mol. The summed E-state index contributed by atoms with van der Waals surface area (Å²) in [4.78, 5) is 31.5. The molecule has 0 atom stereocenters. The Bertz CT molecular complexity index is 1420. The first-order valence-corrected chi connectivity index (χ1v) is 12.0. The number of aromatic nitrogens is 4. The SMILES string of the molecule is CC(C)CCn1c(=O)c2c(ncn2Cc2ccc(C(C)(C)C)cc2)n(-c2ccc(Cl)cc2)c1=O. The molecule has 178 valence electrons. The van der Waals surface area contributed by atoms with Crippen LogP contribution in [0.25, 0.3) is 16.9 Å². The number of halogens is 1. The molecule has 0 aliphatic heterocycles. The summed E-state index contributed by atoms with van der Waals surface area (Å²) in [7, 11) is 0. The molecule has 0 saturated carbocycles. The van der Waals surface area contributed by atoms with Gasteiger partial charge in [0.05, 0.1) is 12.0 Å². The summed E-state index contributed by atoms with van der Waals surface area (Å²) >= 11 is 6.07. The number of benzene rings is 2. The minimum Gasteiger partial charge on any atom is -0.320 e. The summed E-state index contributed by atoms with van der Waals surface area (Å²) in [6, 6.07) is 15.4. The molecule has 0 aliphatic rings. The number of hydrogen-bond acceptors (Lipinski definition) is 3. The molecular formula is C27H31ClN4O2. The molecule has 2 aromatic heterocycles. The molecule has 6 nitrogen and oxygen atoms in total. The van der Waals surface area contributed by atoms with Gasteiger partial charge in [0, 0.05) is 18.1 Å². The summed E-state index contributed by atoms with van der Waals surface area (Å²) < 4.78 is 4.67. The average molecular weight is 479 g/mol. The predicted octanol–water partition coefficient (Wildman–Crippen LogP) is 5.39. The van der Waals surface area contributed by atoms with Crippen molar-refractivity contribution in [2.24, 2.45) is 5.92 Å². The van der Waals surface area contributed by atoms with Crippen LogP contribution in [0.3, 0.4) is 0 Å². The van der Waals surface area contributed by atoms with Crippen molar-refractivity contribution in [3.63, 3.8) is 0 Å². The Balaban J connectivity index is 1.87. The van der Waals surface area contributed by atoms with Gasteiger partial charge in [0.15, 0.2) is 11.2 Å². The lowest BCUT2D eigenvalue weighted by molar-refractivity contribution is 0.491. The van der Waals surface area contributed by atoms with Crippen LogP contribution < -0.4 is 11.2 Å². The van der Waals surface area contributed by atoms with Gasteiger partial charge in [-0.3, -0.25) is 9.36 Å². The van der Waals surface area contributed by atoms with E-state index in [2.05, 4.69) is 63.9 Å². The molecule has 4 rings (SSSR count). The first-order chi connectivity index (χ1) is 16.1. The van der Waals surface area contributed by atoms with E-state index >= 15 is 0 Å². The minimum absolute atomic E-state index is 0.0685. The molecule has 0 fully saturated rings. The molecule has 2 heterocycles. The Hall–Kier alpha value is -3.12. The fourth-order valence-corrected chi connectivity index (χ4v) is 4.14. The Labute approximate surface area is 204 Å². The Kier molecular flexibility index (Phi) is 6.54. The second kappa shape index (κ2) is 9.26. The summed E-state index contributed by atoms with van der Waals surface area (Å²) in [5, 5.41) is 0.574. The van der Waals surface area contributed by atoms with Crippen molar-refractivity contribution in [2.75, 3.05) is 0 Å². The van der Waals surface area contributed by atoms with Crippen molar-refractivity contribution in [3.8, 4) is 5.69 Å². The number of nitrogens with zero attached hydrogens (tertiary/aromatic N) is 4. The quantitative estimate of drug-likeness (QED) is 0.373. The Morgan fingerprint density at radius 1 is 0.971 bits per heavy atom. The zero-order chi connectivity index (χ0) is 24.6. The first kappa shape index (κ1) is 24.0. The van der Waals surface area contributed by atoms with Crippen molar-refractivity contribution >= 4 is 22.8 Å². The average Bonchev–Trinajstić information content (AvgIpc) is 3.18. The zero-order valence-electron chi connectivity index (χ0n) is 20.4. The number of hydrogen-bond donors (Lipinski definition) is 0. The fourth-order valence-electron chi connectivity index (χ4n) is 4.01. The smallest absolute Gasteiger partial charge is 0.320 e. The van der Waals surface area contributed by atoms with E-state index in [9.17, 15) is 9.59 Å². The van der Waals surface area contributed by atoms with E-state index in [1.807, 2.05) is 4.57 Å². The third kappa shape index (κ3) is 4.73. The third-order valence-electron chi connectivity index (χ3n) is 6.09. The standard InChI is InChI=1S/C27H31ClN4O2/c1-18(2)14-15-31-25(33)23-24(32(26(31)34)22-12-10-21(28)11-13-22)29-17-30(23)16-19-6-8-20(9-7-19)27(3,4)5/h6-13,17-18H,14-16H2,1-5H3. The summed E-state index contributed by atoms with van der Waals surface area (Å²) in [6.07, 6.45) is 2.37. The normalized spacial score (nSPS) is 12.1. The van der Waals surface area contributed by atoms with E-state index in [-0.39, 0.29) is 16.7 Å². The zero-order valence-corrected chi connectivity index (χ0v) is 21.1. The van der Waals surface area contributed by atoms with Gasteiger partial charge in [-0.15, -0.1) is 0 Å². The van der Waals surface area contributed by atoms with E-state index in [1.54, 1.807) is 30.6 Å². The molecule has 0 radical (unpaired) electrons. The highest BCUT2D eigenvalue weighted by Crippen LogP contribution is 2.23. The third-order valence-corrected chi connectivity index (χ3v) is 6.34. The van der Waals surface area contributed by atoms with Crippen molar-refractivity contribution < 1.29 is 0 Å². The minimum atomic E-state index is -0.389. The fraction of sp³-hybridized carbons (Fsp3) is 0.370. The van der Waals surface area contributed by atoms with Crippen molar-refractivity contribution in [1.29, 1.82) is 0 Å². The second-order valence-electron chi connectivity index (χ2n) is 10.2. The molecule has 4 aromatic rings. The maximum absolute atomic E-state index is 13.5. The highest BCUT2D eigenvalue weighted by molar-refractivity contribution is 6.30. The van der Waals surface area contributed by atoms with E-state index in [1.165, 1.54) is 14.7 Å². The van der Waals surface area contributed by atoms with Gasteiger partial charge < -0.3 is 4.57 Å². The molecule has 0 amide bonds. The number of rotatable bonds is 6. The lowest BCUT2D eigenvalue weighted by Crippen LogP contribution is -2.40. The molecule has 0 N–H and O–H groups in total. The molecule has 7 heteroatoms. The number of fused-ring (bicyclic) bond motifs is 1. The van der Waals surface area contributed by atoms with Crippen molar-refractivity contribution in [2.45, 2.75) is 59.5 Å². The van der Waals surface area contributed by atoms with Crippen LogP contribution in [0.5, 0.6) is 0 Å².